The Morgan fingerprint density at radius 1 is 1.15 bits per heavy atom. The summed E-state index contributed by atoms with van der Waals surface area (Å²) >= 11 is 0. The molecule has 1 heterocycles. The predicted octanol–water partition coefficient (Wildman–Crippen LogP) is 3.31. The van der Waals surface area contributed by atoms with Crippen LogP contribution in [0.5, 0.6) is 11.5 Å². The number of hydrogen-bond acceptors (Lipinski definition) is 4. The van der Waals surface area contributed by atoms with Gasteiger partial charge in [0.05, 0.1) is 6.61 Å². The molecule has 0 bridgehead atoms. The summed E-state index contributed by atoms with van der Waals surface area (Å²) in [4.78, 5) is 25.5. The minimum Gasteiger partial charge on any atom is -0.490 e. The lowest BCUT2D eigenvalue weighted by molar-refractivity contribution is -0.139. The molecule has 1 aliphatic rings. The fraction of sp³-hybridized carbons (Fsp3) is 0.300. The van der Waals surface area contributed by atoms with Gasteiger partial charge in [-0.3, -0.25) is 4.79 Å². The van der Waals surface area contributed by atoms with Crippen molar-refractivity contribution in [2.45, 2.75) is 19.8 Å². The van der Waals surface area contributed by atoms with E-state index in [1.54, 1.807) is 23.1 Å². The molecule has 6 nitrogen and oxygen atoms in total. The first kappa shape index (κ1) is 17.8. The van der Waals surface area contributed by atoms with E-state index in [9.17, 15) is 9.59 Å². The SMILES string of the molecule is CCOc1cc(C(=O)N2C[C@H](C)c3ccccc32)ccc1OCC(=O)O. The van der Waals surface area contributed by atoms with Gasteiger partial charge < -0.3 is 19.5 Å². The molecule has 0 saturated carbocycles. The molecule has 0 aliphatic carbocycles. The number of benzene rings is 2. The second-order valence-corrected chi connectivity index (χ2v) is 6.15. The van der Waals surface area contributed by atoms with Gasteiger partial charge in [0.2, 0.25) is 0 Å². The first-order valence-electron chi connectivity index (χ1n) is 8.53. The van der Waals surface area contributed by atoms with Crippen molar-refractivity contribution in [3.05, 3.63) is 53.6 Å². The zero-order chi connectivity index (χ0) is 18.7. The molecule has 1 aliphatic heterocycles. The molecular formula is C20H21NO5. The highest BCUT2D eigenvalue weighted by Crippen LogP contribution is 2.37. The van der Waals surface area contributed by atoms with Crippen molar-refractivity contribution in [1.82, 2.24) is 0 Å². The summed E-state index contributed by atoms with van der Waals surface area (Å²) in [5.74, 6) is -0.247. The molecule has 26 heavy (non-hydrogen) atoms. The van der Waals surface area contributed by atoms with Gasteiger partial charge in [-0.05, 0) is 36.8 Å². The summed E-state index contributed by atoms with van der Waals surface area (Å²) in [5, 5.41) is 8.77. The molecule has 1 amide bonds. The molecule has 0 radical (unpaired) electrons. The third-order valence-electron chi connectivity index (χ3n) is 4.30. The molecule has 0 spiro atoms. The minimum absolute atomic E-state index is 0.118. The van der Waals surface area contributed by atoms with Crippen molar-refractivity contribution in [2.75, 3.05) is 24.7 Å². The van der Waals surface area contributed by atoms with E-state index in [2.05, 4.69) is 6.92 Å². The van der Waals surface area contributed by atoms with Crippen LogP contribution in [0.3, 0.4) is 0 Å². The molecular weight excluding hydrogens is 334 g/mol. The normalized spacial score (nSPS) is 15.5. The zero-order valence-electron chi connectivity index (χ0n) is 14.8. The lowest BCUT2D eigenvalue weighted by atomic mass is 10.0. The Kier molecular flexibility index (Phi) is 5.11. The Bertz CT molecular complexity index is 833. The van der Waals surface area contributed by atoms with Gasteiger partial charge in [-0.1, -0.05) is 25.1 Å². The van der Waals surface area contributed by atoms with Gasteiger partial charge in [0, 0.05) is 23.7 Å². The van der Waals surface area contributed by atoms with Crippen LogP contribution in [0.1, 0.15) is 35.7 Å². The number of anilines is 1. The Balaban J connectivity index is 1.88. The predicted molar refractivity (Wildman–Crippen MR) is 97.3 cm³/mol. The van der Waals surface area contributed by atoms with Crippen LogP contribution < -0.4 is 14.4 Å². The fourth-order valence-electron chi connectivity index (χ4n) is 3.14. The largest absolute Gasteiger partial charge is 0.490 e. The van der Waals surface area contributed by atoms with E-state index >= 15 is 0 Å². The van der Waals surface area contributed by atoms with Crippen LogP contribution in [-0.4, -0.2) is 36.7 Å². The average Bonchev–Trinajstić information content (AvgIpc) is 2.97. The molecule has 0 fully saturated rings. The highest BCUT2D eigenvalue weighted by atomic mass is 16.5. The van der Waals surface area contributed by atoms with Gasteiger partial charge >= 0.3 is 5.97 Å². The maximum Gasteiger partial charge on any atom is 0.341 e. The van der Waals surface area contributed by atoms with E-state index in [0.717, 1.165) is 11.3 Å². The minimum atomic E-state index is -1.07. The monoisotopic (exact) mass is 355 g/mol. The van der Waals surface area contributed by atoms with E-state index in [0.29, 0.717) is 30.2 Å². The van der Waals surface area contributed by atoms with Crippen LogP contribution in [-0.2, 0) is 4.79 Å². The first-order chi connectivity index (χ1) is 12.5. The van der Waals surface area contributed by atoms with E-state index < -0.39 is 12.6 Å². The second kappa shape index (κ2) is 7.47. The topological polar surface area (TPSA) is 76.1 Å². The molecule has 2 aromatic carbocycles. The second-order valence-electron chi connectivity index (χ2n) is 6.15. The van der Waals surface area contributed by atoms with E-state index in [1.165, 1.54) is 0 Å². The van der Waals surface area contributed by atoms with Crippen molar-refractivity contribution in [3.8, 4) is 11.5 Å². The summed E-state index contributed by atoms with van der Waals surface area (Å²) in [6.45, 7) is 4.45. The highest BCUT2D eigenvalue weighted by molar-refractivity contribution is 6.07. The third-order valence-corrected chi connectivity index (χ3v) is 4.30. The molecule has 136 valence electrons. The third kappa shape index (κ3) is 3.49. The number of hydrogen-bond donors (Lipinski definition) is 1. The number of carboxylic acid groups (broad SMARTS) is 1. The van der Waals surface area contributed by atoms with Gasteiger partial charge in [0.1, 0.15) is 0 Å². The van der Waals surface area contributed by atoms with Gasteiger partial charge in [0.15, 0.2) is 18.1 Å². The molecule has 2 aromatic rings. The first-order valence-corrected chi connectivity index (χ1v) is 8.53. The summed E-state index contributed by atoms with van der Waals surface area (Å²) in [6.07, 6.45) is 0. The summed E-state index contributed by atoms with van der Waals surface area (Å²) < 4.78 is 10.8. The number of carbonyl (C=O) groups is 2. The van der Waals surface area contributed by atoms with Crippen molar-refractivity contribution in [3.63, 3.8) is 0 Å². The van der Waals surface area contributed by atoms with E-state index in [-0.39, 0.29) is 11.8 Å². The quantitative estimate of drug-likeness (QED) is 0.860. The molecule has 1 N–H and O–H groups in total. The average molecular weight is 355 g/mol. The number of ether oxygens (including phenoxy) is 2. The molecule has 6 heteroatoms. The van der Waals surface area contributed by atoms with Crippen LogP contribution in [0, 0.1) is 0 Å². The van der Waals surface area contributed by atoms with Crippen molar-refractivity contribution < 1.29 is 24.2 Å². The molecule has 1 atom stereocenters. The molecule has 3 rings (SSSR count). The molecule has 0 unspecified atom stereocenters. The summed E-state index contributed by atoms with van der Waals surface area (Å²) in [7, 11) is 0. The molecule has 0 aromatic heterocycles. The number of carbonyl (C=O) groups excluding carboxylic acids is 1. The summed E-state index contributed by atoms with van der Waals surface area (Å²) in [6, 6.07) is 12.7. The Labute approximate surface area is 152 Å². The number of rotatable bonds is 6. The fourth-order valence-corrected chi connectivity index (χ4v) is 3.14. The Hall–Kier alpha value is -3.02. The summed E-state index contributed by atoms with van der Waals surface area (Å²) in [5.41, 5.74) is 2.56. The van der Waals surface area contributed by atoms with Crippen LogP contribution in [0.4, 0.5) is 5.69 Å². The zero-order valence-corrected chi connectivity index (χ0v) is 14.8. The number of amides is 1. The van der Waals surface area contributed by atoms with Crippen LogP contribution in [0.25, 0.3) is 0 Å². The number of nitrogens with zero attached hydrogens (tertiary/aromatic N) is 1. The van der Waals surface area contributed by atoms with Crippen molar-refractivity contribution in [1.29, 1.82) is 0 Å². The van der Waals surface area contributed by atoms with Crippen molar-refractivity contribution >= 4 is 17.6 Å². The Morgan fingerprint density at radius 2 is 1.92 bits per heavy atom. The van der Waals surface area contributed by atoms with E-state index in [4.69, 9.17) is 14.6 Å². The number of aliphatic carboxylic acids is 1. The van der Waals surface area contributed by atoms with Crippen molar-refractivity contribution in [2.24, 2.45) is 0 Å². The molecule has 0 saturated heterocycles. The lowest BCUT2D eigenvalue weighted by Gasteiger charge is -2.19. The smallest absolute Gasteiger partial charge is 0.341 e. The lowest BCUT2D eigenvalue weighted by Crippen LogP contribution is -2.29. The maximum atomic E-state index is 13.0. The maximum absolute atomic E-state index is 13.0. The van der Waals surface area contributed by atoms with Gasteiger partial charge in [0.25, 0.3) is 5.91 Å². The van der Waals surface area contributed by atoms with Gasteiger partial charge in [-0.25, -0.2) is 4.79 Å². The van der Waals surface area contributed by atoms with Crippen LogP contribution in [0.15, 0.2) is 42.5 Å². The van der Waals surface area contributed by atoms with E-state index in [1.807, 2.05) is 31.2 Å². The highest BCUT2D eigenvalue weighted by Gasteiger charge is 2.30. The standard InChI is InChI=1S/C20H21NO5/c1-3-25-18-10-14(8-9-17(18)26-12-19(22)23)20(24)21-11-13(2)15-6-4-5-7-16(15)21/h4-10,13H,3,11-12H2,1-2H3,(H,22,23)/t13-/m0/s1. The number of fused-ring (bicyclic) bond motifs is 1. The number of para-hydroxylation sites is 1. The van der Waals surface area contributed by atoms with Gasteiger partial charge in [-0.2, -0.15) is 0 Å². The number of carboxylic acids is 1. The van der Waals surface area contributed by atoms with Crippen LogP contribution in [0.2, 0.25) is 0 Å². The van der Waals surface area contributed by atoms with Crippen LogP contribution >= 0.6 is 0 Å². The Morgan fingerprint density at radius 3 is 2.65 bits per heavy atom. The van der Waals surface area contributed by atoms with Gasteiger partial charge in [-0.15, -0.1) is 0 Å².